The quantitative estimate of drug-likeness (QED) is 0.281. The maximum atomic E-state index is 11.4. The number of unbranched alkanes of at least 4 members (excludes halogenated alkanes) is 2. The fraction of sp³-hybridized carbons (Fsp3) is 0.500. The molecule has 0 aromatic carbocycles. The maximum Gasteiger partial charge on any atom is 0.303 e. The molecule has 0 saturated heterocycles. The third-order valence-electron chi connectivity index (χ3n) is 3.30. The average Bonchev–Trinajstić information content (AvgIpc) is 2.53. The average molecular weight is 334 g/mol. The van der Waals surface area contributed by atoms with Gasteiger partial charge in [-0.3, -0.25) is 9.59 Å². The Bertz CT molecular complexity index is 458. The minimum Gasteiger partial charge on any atom is -0.481 e. The molecule has 0 radical (unpaired) electrons. The van der Waals surface area contributed by atoms with E-state index < -0.39 is 5.97 Å². The molecule has 0 saturated carbocycles. The van der Waals surface area contributed by atoms with Gasteiger partial charge in [-0.2, -0.15) is 0 Å². The number of allylic oxidation sites excluding steroid dienone is 7. The maximum absolute atomic E-state index is 11.4. The van der Waals surface area contributed by atoms with Crippen molar-refractivity contribution >= 4 is 11.8 Å². The molecule has 0 aromatic rings. The first kappa shape index (κ1) is 22.1. The zero-order chi connectivity index (χ0) is 18.0. The van der Waals surface area contributed by atoms with Crippen molar-refractivity contribution in [3.8, 4) is 0 Å². The first-order chi connectivity index (χ1) is 11.6. The van der Waals surface area contributed by atoms with Crippen molar-refractivity contribution in [3.05, 3.63) is 48.6 Å². The van der Waals surface area contributed by atoms with Gasteiger partial charge >= 0.3 is 5.97 Å². The molecule has 0 spiro atoms. The van der Waals surface area contributed by atoms with Crippen LogP contribution in [0, 0.1) is 0 Å². The monoisotopic (exact) mass is 334 g/mol. The van der Waals surface area contributed by atoms with Crippen LogP contribution in [-0.4, -0.2) is 28.1 Å². The number of rotatable bonds is 14. The Labute approximate surface area is 145 Å². The summed E-state index contributed by atoms with van der Waals surface area (Å²) in [4.78, 5) is 21.7. The molecule has 134 valence electrons. The van der Waals surface area contributed by atoms with E-state index in [9.17, 15) is 14.7 Å². The largest absolute Gasteiger partial charge is 0.481 e. The highest BCUT2D eigenvalue weighted by Crippen LogP contribution is 2.04. The van der Waals surface area contributed by atoms with Crippen LogP contribution >= 0.6 is 0 Å². The Morgan fingerprint density at radius 2 is 1.67 bits per heavy atom. The number of hydrogen-bond acceptors (Lipinski definition) is 3. The lowest BCUT2D eigenvalue weighted by molar-refractivity contribution is -0.137. The molecule has 0 aromatic heterocycles. The van der Waals surface area contributed by atoms with E-state index in [1.165, 1.54) is 6.08 Å². The number of aliphatic carboxylic acids is 1. The number of aliphatic hydroxyl groups is 1. The van der Waals surface area contributed by atoms with Crippen molar-refractivity contribution in [1.29, 1.82) is 0 Å². The summed E-state index contributed by atoms with van der Waals surface area (Å²) >= 11 is 0. The molecular weight excluding hydrogens is 304 g/mol. The van der Waals surface area contributed by atoms with Crippen molar-refractivity contribution in [2.24, 2.45) is 0 Å². The standard InChI is InChI=1S/C20H30O4/c1-2-3-9-13-18(21)14-10-7-5-4-6-8-11-15-19(22)16-12-17-20(23)24/h5-8,10-11,14-15,18,21H,2-4,9,12-13,16-17H2,1H3,(H,23,24)/t18-/m0/s1. The molecule has 4 nitrogen and oxygen atoms in total. The lowest BCUT2D eigenvalue weighted by Gasteiger charge is -2.02. The van der Waals surface area contributed by atoms with Crippen LogP contribution in [-0.2, 0) is 9.59 Å². The summed E-state index contributed by atoms with van der Waals surface area (Å²) in [5, 5.41) is 18.2. The Kier molecular flexibility index (Phi) is 14.6. The van der Waals surface area contributed by atoms with Crippen LogP contribution in [0.3, 0.4) is 0 Å². The molecule has 0 bridgehead atoms. The van der Waals surface area contributed by atoms with E-state index in [-0.39, 0.29) is 24.7 Å². The first-order valence-electron chi connectivity index (χ1n) is 8.65. The Morgan fingerprint density at radius 3 is 2.33 bits per heavy atom. The van der Waals surface area contributed by atoms with Crippen molar-refractivity contribution in [3.63, 3.8) is 0 Å². The van der Waals surface area contributed by atoms with E-state index in [0.717, 1.165) is 32.1 Å². The minimum absolute atomic E-state index is 0.0288. The summed E-state index contributed by atoms with van der Waals surface area (Å²) in [6, 6.07) is 0. The molecule has 0 fully saturated rings. The van der Waals surface area contributed by atoms with Gasteiger partial charge in [-0.15, -0.1) is 0 Å². The fourth-order valence-corrected chi connectivity index (χ4v) is 1.95. The summed E-state index contributed by atoms with van der Waals surface area (Å²) in [7, 11) is 0. The summed E-state index contributed by atoms with van der Waals surface area (Å²) in [5.41, 5.74) is 0. The molecule has 24 heavy (non-hydrogen) atoms. The van der Waals surface area contributed by atoms with Gasteiger partial charge in [0.1, 0.15) is 0 Å². The highest BCUT2D eigenvalue weighted by molar-refractivity contribution is 5.90. The van der Waals surface area contributed by atoms with Crippen molar-refractivity contribution in [2.45, 2.75) is 64.4 Å². The highest BCUT2D eigenvalue weighted by atomic mass is 16.4. The molecule has 1 atom stereocenters. The van der Waals surface area contributed by atoms with Crippen LogP contribution in [0.15, 0.2) is 48.6 Å². The predicted octanol–water partition coefficient (Wildman–Crippen LogP) is 4.37. The van der Waals surface area contributed by atoms with Crippen LogP contribution in [0.25, 0.3) is 0 Å². The molecule has 0 amide bonds. The Balaban J connectivity index is 3.78. The van der Waals surface area contributed by atoms with Gasteiger partial charge in [-0.1, -0.05) is 68.7 Å². The number of aliphatic hydroxyl groups excluding tert-OH is 1. The predicted molar refractivity (Wildman–Crippen MR) is 97.8 cm³/mol. The van der Waals surface area contributed by atoms with Crippen LogP contribution in [0.5, 0.6) is 0 Å². The molecule has 2 N–H and O–H groups in total. The summed E-state index contributed by atoms with van der Waals surface area (Å²) in [6.07, 6.45) is 19.6. The number of carbonyl (C=O) groups is 2. The molecule has 0 aliphatic carbocycles. The molecule has 0 rings (SSSR count). The number of ketones is 1. The number of carboxylic acids is 1. The van der Waals surface area contributed by atoms with Gasteiger partial charge in [0.2, 0.25) is 0 Å². The number of carbonyl (C=O) groups excluding carboxylic acids is 1. The van der Waals surface area contributed by atoms with Gasteiger partial charge < -0.3 is 10.2 Å². The number of hydrogen-bond donors (Lipinski definition) is 2. The van der Waals surface area contributed by atoms with Crippen LogP contribution < -0.4 is 0 Å². The zero-order valence-electron chi connectivity index (χ0n) is 14.6. The van der Waals surface area contributed by atoms with E-state index in [1.54, 1.807) is 18.2 Å². The molecule has 0 unspecified atom stereocenters. The van der Waals surface area contributed by atoms with E-state index in [0.29, 0.717) is 6.42 Å². The van der Waals surface area contributed by atoms with Crippen molar-refractivity contribution < 1.29 is 19.8 Å². The van der Waals surface area contributed by atoms with Gasteiger partial charge in [0, 0.05) is 12.8 Å². The molecule has 0 aliphatic heterocycles. The molecule has 0 heterocycles. The second-order valence-electron chi connectivity index (χ2n) is 5.61. The van der Waals surface area contributed by atoms with Gasteiger partial charge in [0.25, 0.3) is 0 Å². The van der Waals surface area contributed by atoms with E-state index >= 15 is 0 Å². The molecular formula is C20H30O4. The third kappa shape index (κ3) is 16.4. The zero-order valence-corrected chi connectivity index (χ0v) is 14.6. The normalized spacial score (nSPS) is 13.6. The Hall–Kier alpha value is -1.94. The lowest BCUT2D eigenvalue weighted by atomic mass is 10.1. The smallest absolute Gasteiger partial charge is 0.303 e. The third-order valence-corrected chi connectivity index (χ3v) is 3.30. The first-order valence-corrected chi connectivity index (χ1v) is 8.65. The molecule has 4 heteroatoms. The van der Waals surface area contributed by atoms with Gasteiger partial charge in [-0.25, -0.2) is 0 Å². The number of carboxylic acid groups (broad SMARTS) is 1. The van der Waals surface area contributed by atoms with Crippen LogP contribution in [0.1, 0.15) is 58.3 Å². The fourth-order valence-electron chi connectivity index (χ4n) is 1.95. The topological polar surface area (TPSA) is 74.6 Å². The second-order valence-corrected chi connectivity index (χ2v) is 5.61. The molecule has 0 aliphatic rings. The second kappa shape index (κ2) is 15.9. The summed E-state index contributed by atoms with van der Waals surface area (Å²) in [6.45, 7) is 2.14. The van der Waals surface area contributed by atoms with E-state index in [1.807, 2.05) is 24.3 Å². The Morgan fingerprint density at radius 1 is 0.958 bits per heavy atom. The van der Waals surface area contributed by atoms with Gasteiger partial charge in [-0.05, 0) is 25.3 Å². The SMILES string of the molecule is CCCCC[C@H](O)C=CC=CCC=CC=CC(=O)CCCC(=O)O. The van der Waals surface area contributed by atoms with Crippen LogP contribution in [0.4, 0.5) is 0 Å². The van der Waals surface area contributed by atoms with Gasteiger partial charge in [0.05, 0.1) is 6.10 Å². The van der Waals surface area contributed by atoms with E-state index in [2.05, 4.69) is 6.92 Å². The summed E-state index contributed by atoms with van der Waals surface area (Å²) < 4.78 is 0. The van der Waals surface area contributed by atoms with Gasteiger partial charge in [0.15, 0.2) is 5.78 Å². The highest BCUT2D eigenvalue weighted by Gasteiger charge is 2.00. The van der Waals surface area contributed by atoms with Crippen molar-refractivity contribution in [1.82, 2.24) is 0 Å². The summed E-state index contributed by atoms with van der Waals surface area (Å²) in [5.74, 6) is -0.933. The minimum atomic E-state index is -0.874. The van der Waals surface area contributed by atoms with Crippen molar-refractivity contribution in [2.75, 3.05) is 0 Å². The lowest BCUT2D eigenvalue weighted by Crippen LogP contribution is -2.00. The van der Waals surface area contributed by atoms with E-state index in [4.69, 9.17) is 5.11 Å². The van der Waals surface area contributed by atoms with Crippen LogP contribution in [0.2, 0.25) is 0 Å².